The van der Waals surface area contributed by atoms with Crippen LogP contribution in [0.3, 0.4) is 0 Å². The molecular formula is C16H16Cl3N. The number of nitrogens with one attached hydrogen (secondary N) is 1. The minimum atomic E-state index is 0.166. The second-order valence-corrected chi connectivity index (χ2v) is 6.09. The van der Waals surface area contributed by atoms with Crippen molar-refractivity contribution in [3.05, 3.63) is 68.7 Å². The molecule has 0 bridgehead atoms. The van der Waals surface area contributed by atoms with Gasteiger partial charge in [0.1, 0.15) is 0 Å². The molecule has 2 atom stereocenters. The zero-order valence-electron chi connectivity index (χ0n) is 11.3. The minimum Gasteiger partial charge on any atom is -0.304 e. The van der Waals surface area contributed by atoms with E-state index in [1.165, 1.54) is 0 Å². The van der Waals surface area contributed by atoms with E-state index in [9.17, 15) is 0 Å². The first-order chi connectivity index (χ1) is 9.47. The molecule has 20 heavy (non-hydrogen) atoms. The predicted molar refractivity (Wildman–Crippen MR) is 87.9 cm³/mol. The molecule has 0 aliphatic carbocycles. The lowest BCUT2D eigenvalue weighted by Crippen LogP contribution is -2.22. The van der Waals surface area contributed by atoms with Crippen LogP contribution in [0.25, 0.3) is 0 Å². The normalized spacial score (nSPS) is 14.1. The van der Waals surface area contributed by atoms with Crippen LogP contribution in [0.2, 0.25) is 15.1 Å². The lowest BCUT2D eigenvalue weighted by molar-refractivity contribution is 0.495. The van der Waals surface area contributed by atoms with Crippen molar-refractivity contribution in [1.29, 1.82) is 0 Å². The van der Waals surface area contributed by atoms with Gasteiger partial charge in [-0.05, 0) is 49.2 Å². The molecule has 2 rings (SSSR count). The number of rotatable bonds is 4. The molecule has 0 radical (unpaired) electrons. The summed E-state index contributed by atoms with van der Waals surface area (Å²) < 4.78 is 0. The molecule has 4 heteroatoms. The zero-order valence-corrected chi connectivity index (χ0v) is 13.6. The van der Waals surface area contributed by atoms with Crippen LogP contribution in [0.5, 0.6) is 0 Å². The second-order valence-electron chi connectivity index (χ2n) is 4.84. The van der Waals surface area contributed by atoms with Crippen LogP contribution in [0, 0.1) is 0 Å². The van der Waals surface area contributed by atoms with Crippen molar-refractivity contribution >= 4 is 34.8 Å². The molecule has 2 aromatic carbocycles. The summed E-state index contributed by atoms with van der Waals surface area (Å²) in [5.41, 5.74) is 2.26. The van der Waals surface area contributed by atoms with Gasteiger partial charge in [-0.15, -0.1) is 0 Å². The summed E-state index contributed by atoms with van der Waals surface area (Å²) in [4.78, 5) is 0. The van der Waals surface area contributed by atoms with Gasteiger partial charge in [-0.1, -0.05) is 53.0 Å². The van der Waals surface area contributed by atoms with Crippen LogP contribution < -0.4 is 5.32 Å². The van der Waals surface area contributed by atoms with E-state index < -0.39 is 0 Å². The summed E-state index contributed by atoms with van der Waals surface area (Å²) in [5.74, 6) is 0. The largest absolute Gasteiger partial charge is 0.304 e. The molecule has 106 valence electrons. The Bertz CT molecular complexity index is 598. The first-order valence-electron chi connectivity index (χ1n) is 6.44. The number of hydrogen-bond donors (Lipinski definition) is 1. The highest BCUT2D eigenvalue weighted by Gasteiger charge is 2.12. The summed E-state index contributed by atoms with van der Waals surface area (Å²) in [6.45, 7) is 4.21. The van der Waals surface area contributed by atoms with Gasteiger partial charge in [0.05, 0.1) is 10.0 Å². The van der Waals surface area contributed by atoms with Crippen LogP contribution in [0.4, 0.5) is 0 Å². The van der Waals surface area contributed by atoms with E-state index in [-0.39, 0.29) is 12.1 Å². The van der Waals surface area contributed by atoms with Crippen molar-refractivity contribution in [2.24, 2.45) is 0 Å². The molecule has 0 aromatic heterocycles. The molecule has 0 spiro atoms. The Morgan fingerprint density at radius 2 is 1.45 bits per heavy atom. The maximum absolute atomic E-state index is 6.06. The van der Waals surface area contributed by atoms with E-state index in [1.807, 2.05) is 36.4 Å². The lowest BCUT2D eigenvalue weighted by Gasteiger charge is -2.21. The fourth-order valence-electron chi connectivity index (χ4n) is 2.13. The predicted octanol–water partition coefficient (Wildman–Crippen LogP) is 6.06. The monoisotopic (exact) mass is 327 g/mol. The van der Waals surface area contributed by atoms with E-state index in [0.717, 1.165) is 16.1 Å². The summed E-state index contributed by atoms with van der Waals surface area (Å²) >= 11 is 18.0. The van der Waals surface area contributed by atoms with Gasteiger partial charge in [0.25, 0.3) is 0 Å². The molecule has 0 aliphatic rings. The molecule has 0 heterocycles. The first kappa shape index (κ1) is 15.7. The third-order valence-corrected chi connectivity index (χ3v) is 4.27. The van der Waals surface area contributed by atoms with E-state index in [4.69, 9.17) is 34.8 Å². The summed E-state index contributed by atoms with van der Waals surface area (Å²) in [6, 6.07) is 13.9. The van der Waals surface area contributed by atoms with Crippen LogP contribution in [-0.4, -0.2) is 0 Å². The average Bonchev–Trinajstić information content (AvgIpc) is 2.41. The molecule has 1 N–H and O–H groups in total. The highest BCUT2D eigenvalue weighted by molar-refractivity contribution is 6.42. The molecule has 0 amide bonds. The highest BCUT2D eigenvalue weighted by atomic mass is 35.5. The van der Waals surface area contributed by atoms with Gasteiger partial charge in [-0.3, -0.25) is 0 Å². The average molecular weight is 329 g/mol. The highest BCUT2D eigenvalue weighted by Crippen LogP contribution is 2.27. The Balaban J connectivity index is 2.10. The lowest BCUT2D eigenvalue weighted by atomic mass is 10.0. The van der Waals surface area contributed by atoms with Crippen LogP contribution >= 0.6 is 34.8 Å². The minimum absolute atomic E-state index is 0.166. The van der Waals surface area contributed by atoms with Crippen molar-refractivity contribution in [2.75, 3.05) is 0 Å². The maximum atomic E-state index is 6.06. The fourth-order valence-corrected chi connectivity index (χ4v) is 2.63. The third-order valence-electron chi connectivity index (χ3n) is 3.29. The summed E-state index contributed by atoms with van der Waals surface area (Å²) in [5, 5.41) is 5.43. The fraction of sp³-hybridized carbons (Fsp3) is 0.250. The zero-order chi connectivity index (χ0) is 14.7. The second kappa shape index (κ2) is 6.82. The van der Waals surface area contributed by atoms with Crippen molar-refractivity contribution in [1.82, 2.24) is 5.32 Å². The van der Waals surface area contributed by atoms with Crippen molar-refractivity contribution in [3.8, 4) is 0 Å². The Hall–Kier alpha value is -0.730. The van der Waals surface area contributed by atoms with Gasteiger partial charge in [0.15, 0.2) is 0 Å². The van der Waals surface area contributed by atoms with E-state index >= 15 is 0 Å². The number of halogens is 3. The summed E-state index contributed by atoms with van der Waals surface area (Å²) in [6.07, 6.45) is 0. The van der Waals surface area contributed by atoms with Crippen molar-refractivity contribution in [3.63, 3.8) is 0 Å². The molecule has 0 aliphatic heterocycles. The Morgan fingerprint density at radius 1 is 0.800 bits per heavy atom. The number of benzene rings is 2. The van der Waals surface area contributed by atoms with Crippen molar-refractivity contribution in [2.45, 2.75) is 25.9 Å². The number of hydrogen-bond acceptors (Lipinski definition) is 1. The molecule has 0 saturated carbocycles. The molecule has 1 nitrogen and oxygen atoms in total. The van der Waals surface area contributed by atoms with Gasteiger partial charge in [-0.2, -0.15) is 0 Å². The van der Waals surface area contributed by atoms with E-state index in [0.29, 0.717) is 10.0 Å². The van der Waals surface area contributed by atoms with Crippen LogP contribution in [0.1, 0.15) is 37.1 Å². The molecule has 0 fully saturated rings. The Labute approximate surface area is 134 Å². The maximum Gasteiger partial charge on any atom is 0.0595 e. The molecule has 2 aromatic rings. The van der Waals surface area contributed by atoms with Gasteiger partial charge >= 0.3 is 0 Å². The molecule has 0 saturated heterocycles. The summed E-state index contributed by atoms with van der Waals surface area (Å²) in [7, 11) is 0. The van der Waals surface area contributed by atoms with Gasteiger partial charge < -0.3 is 5.32 Å². The first-order valence-corrected chi connectivity index (χ1v) is 7.57. The van der Waals surface area contributed by atoms with Gasteiger partial charge in [0.2, 0.25) is 0 Å². The smallest absolute Gasteiger partial charge is 0.0595 e. The van der Waals surface area contributed by atoms with Gasteiger partial charge in [-0.25, -0.2) is 0 Å². The standard InChI is InChI=1S/C16H16Cl3N/c1-10(12-4-3-5-14(17)8-12)20-11(2)13-6-7-15(18)16(19)9-13/h3-11,20H,1-2H3. The molecular weight excluding hydrogens is 313 g/mol. The Kier molecular flexibility index (Phi) is 5.34. The Morgan fingerprint density at radius 3 is 2.05 bits per heavy atom. The molecule has 2 unspecified atom stereocenters. The van der Waals surface area contributed by atoms with Gasteiger partial charge in [0, 0.05) is 17.1 Å². The third kappa shape index (κ3) is 3.89. The van der Waals surface area contributed by atoms with Crippen LogP contribution in [-0.2, 0) is 0 Å². The van der Waals surface area contributed by atoms with E-state index in [1.54, 1.807) is 0 Å². The quantitative estimate of drug-likeness (QED) is 0.719. The van der Waals surface area contributed by atoms with Crippen LogP contribution in [0.15, 0.2) is 42.5 Å². The SMILES string of the molecule is CC(NC(C)c1ccc(Cl)c(Cl)c1)c1cccc(Cl)c1. The van der Waals surface area contributed by atoms with Crippen molar-refractivity contribution < 1.29 is 0 Å². The van der Waals surface area contributed by atoms with E-state index in [2.05, 4.69) is 25.2 Å². The topological polar surface area (TPSA) is 12.0 Å².